The Morgan fingerprint density at radius 2 is 1.88 bits per heavy atom. The number of carbonyl (C=O) groups excluding carboxylic acids is 2. The van der Waals surface area contributed by atoms with Crippen molar-refractivity contribution in [2.75, 3.05) is 18.1 Å². The molecule has 1 saturated heterocycles. The van der Waals surface area contributed by atoms with Gasteiger partial charge in [-0.1, -0.05) is 23.7 Å². The summed E-state index contributed by atoms with van der Waals surface area (Å²) in [4.78, 5) is 27.9. The Kier molecular flexibility index (Phi) is 4.81. The molecule has 0 aromatic heterocycles. The number of carbonyl (C=O) groups is 2. The molecule has 0 unspecified atom stereocenters. The van der Waals surface area contributed by atoms with E-state index in [1.807, 2.05) is 0 Å². The Morgan fingerprint density at radius 1 is 1.17 bits per heavy atom. The van der Waals surface area contributed by atoms with Crippen LogP contribution in [0.15, 0.2) is 48.5 Å². The highest BCUT2D eigenvalue weighted by Crippen LogP contribution is 2.23. The third-order valence-electron chi connectivity index (χ3n) is 3.97. The average Bonchev–Trinajstić information content (AvgIpc) is 2.98. The number of likely N-dealkylation sites (tertiary alicyclic amines) is 1. The van der Waals surface area contributed by atoms with Crippen molar-refractivity contribution in [1.29, 1.82) is 0 Å². The van der Waals surface area contributed by atoms with E-state index in [9.17, 15) is 14.0 Å². The summed E-state index contributed by atoms with van der Waals surface area (Å²) >= 11 is 6.13. The molecule has 2 amide bonds. The molecule has 0 saturated carbocycles. The van der Waals surface area contributed by atoms with E-state index in [4.69, 9.17) is 11.6 Å². The second-order valence-corrected chi connectivity index (χ2v) is 6.00. The number of hydrogen-bond acceptors (Lipinski definition) is 2. The summed E-state index contributed by atoms with van der Waals surface area (Å²) in [7, 11) is 0. The lowest BCUT2D eigenvalue weighted by Crippen LogP contribution is -2.42. The molecular formula is C18H16ClFN2O2. The van der Waals surface area contributed by atoms with Crippen molar-refractivity contribution >= 4 is 29.1 Å². The van der Waals surface area contributed by atoms with E-state index in [0.29, 0.717) is 29.2 Å². The van der Waals surface area contributed by atoms with Crippen molar-refractivity contribution < 1.29 is 14.0 Å². The largest absolute Gasteiger partial charge is 0.324 e. The van der Waals surface area contributed by atoms with E-state index in [2.05, 4.69) is 0 Å². The quantitative estimate of drug-likeness (QED) is 0.846. The number of amides is 2. The second-order valence-electron chi connectivity index (χ2n) is 5.59. The molecule has 4 nitrogen and oxygen atoms in total. The normalized spacial score (nSPS) is 14.1. The minimum atomic E-state index is -0.388. The SMILES string of the molecule is O=C1CCCN1CN(C(=O)c1ccccc1Cl)c1ccc(F)cc1. The van der Waals surface area contributed by atoms with Crippen molar-refractivity contribution in [3.8, 4) is 0 Å². The monoisotopic (exact) mass is 346 g/mol. The number of nitrogens with zero attached hydrogens (tertiary/aromatic N) is 2. The van der Waals surface area contributed by atoms with Gasteiger partial charge in [-0.05, 0) is 42.8 Å². The van der Waals surface area contributed by atoms with Crippen molar-refractivity contribution in [3.05, 3.63) is 64.9 Å². The van der Waals surface area contributed by atoms with Crippen molar-refractivity contribution in [2.24, 2.45) is 0 Å². The summed E-state index contributed by atoms with van der Waals surface area (Å²) in [6.07, 6.45) is 1.26. The highest BCUT2D eigenvalue weighted by atomic mass is 35.5. The fourth-order valence-electron chi connectivity index (χ4n) is 2.69. The standard InChI is InChI=1S/C18H16ClFN2O2/c19-16-5-2-1-4-15(16)18(24)22(12-21-11-3-6-17(21)23)14-9-7-13(20)8-10-14/h1-2,4-5,7-10H,3,6,11-12H2. The van der Waals surface area contributed by atoms with Gasteiger partial charge in [0.25, 0.3) is 5.91 Å². The maximum atomic E-state index is 13.2. The highest BCUT2D eigenvalue weighted by Gasteiger charge is 2.27. The summed E-state index contributed by atoms with van der Waals surface area (Å²) in [5.41, 5.74) is 0.858. The predicted molar refractivity (Wildman–Crippen MR) is 90.5 cm³/mol. The first-order valence-electron chi connectivity index (χ1n) is 7.66. The fraction of sp³-hybridized carbons (Fsp3) is 0.222. The van der Waals surface area contributed by atoms with Gasteiger partial charge in [0, 0.05) is 18.7 Å². The maximum Gasteiger partial charge on any atom is 0.261 e. The molecule has 2 aromatic rings. The number of halogens is 2. The fourth-order valence-corrected chi connectivity index (χ4v) is 2.91. The summed E-state index contributed by atoms with van der Waals surface area (Å²) in [5.74, 6) is -0.706. The highest BCUT2D eigenvalue weighted by molar-refractivity contribution is 6.34. The van der Waals surface area contributed by atoms with Crippen molar-refractivity contribution in [1.82, 2.24) is 4.90 Å². The van der Waals surface area contributed by atoms with Gasteiger partial charge in [-0.2, -0.15) is 0 Å². The Balaban J connectivity index is 1.94. The first-order chi connectivity index (χ1) is 11.6. The second kappa shape index (κ2) is 7.01. The lowest BCUT2D eigenvalue weighted by molar-refractivity contribution is -0.127. The Morgan fingerprint density at radius 3 is 2.50 bits per heavy atom. The average molecular weight is 347 g/mol. The van der Waals surface area contributed by atoms with Gasteiger partial charge < -0.3 is 4.90 Å². The number of anilines is 1. The van der Waals surface area contributed by atoms with Crippen LogP contribution in [0.2, 0.25) is 5.02 Å². The van der Waals surface area contributed by atoms with Gasteiger partial charge >= 0.3 is 0 Å². The van der Waals surface area contributed by atoms with Crippen molar-refractivity contribution in [2.45, 2.75) is 12.8 Å². The molecule has 124 valence electrons. The molecule has 0 aliphatic carbocycles. The molecule has 1 aliphatic rings. The minimum absolute atomic E-state index is 0.00840. The molecule has 0 atom stereocenters. The van der Waals surface area contributed by atoms with Crippen LogP contribution in [0.1, 0.15) is 23.2 Å². The van der Waals surface area contributed by atoms with Gasteiger partial charge in [-0.3, -0.25) is 14.5 Å². The summed E-state index contributed by atoms with van der Waals surface area (Å²) in [6.45, 7) is 0.723. The van der Waals surface area contributed by atoms with E-state index in [0.717, 1.165) is 6.42 Å². The molecule has 6 heteroatoms. The van der Waals surface area contributed by atoms with Crippen LogP contribution in [-0.4, -0.2) is 29.9 Å². The van der Waals surface area contributed by atoms with E-state index in [-0.39, 0.29) is 24.3 Å². The first-order valence-corrected chi connectivity index (χ1v) is 8.04. The van der Waals surface area contributed by atoms with Crippen LogP contribution in [0.25, 0.3) is 0 Å². The Hall–Kier alpha value is -2.40. The number of benzene rings is 2. The van der Waals surface area contributed by atoms with Gasteiger partial charge in [0.2, 0.25) is 5.91 Å². The Bertz CT molecular complexity index is 764. The van der Waals surface area contributed by atoms with Gasteiger partial charge in [-0.25, -0.2) is 4.39 Å². The van der Waals surface area contributed by atoms with E-state index < -0.39 is 0 Å². The molecule has 2 aromatic carbocycles. The van der Waals surface area contributed by atoms with Gasteiger partial charge in [0.05, 0.1) is 10.6 Å². The third-order valence-corrected chi connectivity index (χ3v) is 4.30. The van der Waals surface area contributed by atoms with Crippen LogP contribution in [0.3, 0.4) is 0 Å². The molecule has 1 heterocycles. The maximum absolute atomic E-state index is 13.2. The zero-order valence-corrected chi connectivity index (χ0v) is 13.7. The summed E-state index contributed by atoms with van der Waals surface area (Å²) in [6, 6.07) is 12.3. The first kappa shape index (κ1) is 16.5. The van der Waals surface area contributed by atoms with Gasteiger partial charge in [-0.15, -0.1) is 0 Å². The lowest BCUT2D eigenvalue weighted by atomic mass is 10.2. The predicted octanol–water partition coefficient (Wildman–Crippen LogP) is 3.71. The lowest BCUT2D eigenvalue weighted by Gasteiger charge is -2.28. The van der Waals surface area contributed by atoms with E-state index in [1.54, 1.807) is 29.2 Å². The third kappa shape index (κ3) is 3.41. The smallest absolute Gasteiger partial charge is 0.261 e. The molecule has 3 rings (SSSR count). The van der Waals surface area contributed by atoms with Crippen LogP contribution in [0.4, 0.5) is 10.1 Å². The van der Waals surface area contributed by atoms with Crippen LogP contribution in [0, 0.1) is 5.82 Å². The van der Waals surface area contributed by atoms with Gasteiger partial charge in [0.15, 0.2) is 0 Å². The number of rotatable bonds is 4. The van der Waals surface area contributed by atoms with Crippen molar-refractivity contribution in [3.63, 3.8) is 0 Å². The zero-order chi connectivity index (χ0) is 17.1. The van der Waals surface area contributed by atoms with Gasteiger partial charge in [0.1, 0.15) is 12.5 Å². The molecular weight excluding hydrogens is 331 g/mol. The number of hydrogen-bond donors (Lipinski definition) is 0. The zero-order valence-electron chi connectivity index (χ0n) is 12.9. The summed E-state index contributed by atoms with van der Waals surface area (Å²) in [5, 5.41) is 0.336. The molecule has 0 radical (unpaired) electrons. The topological polar surface area (TPSA) is 40.6 Å². The molecule has 0 bridgehead atoms. The van der Waals surface area contributed by atoms with E-state index >= 15 is 0 Å². The molecule has 0 N–H and O–H groups in total. The van der Waals surface area contributed by atoms with Crippen LogP contribution in [0.5, 0.6) is 0 Å². The van der Waals surface area contributed by atoms with Crippen LogP contribution >= 0.6 is 11.6 Å². The molecule has 0 spiro atoms. The molecule has 1 aliphatic heterocycles. The Labute approximate surface area is 144 Å². The van der Waals surface area contributed by atoms with Crippen LogP contribution < -0.4 is 4.90 Å². The van der Waals surface area contributed by atoms with Crippen LogP contribution in [-0.2, 0) is 4.79 Å². The summed E-state index contributed by atoms with van der Waals surface area (Å²) < 4.78 is 13.2. The molecule has 24 heavy (non-hydrogen) atoms. The van der Waals surface area contributed by atoms with E-state index in [1.165, 1.54) is 29.2 Å². The minimum Gasteiger partial charge on any atom is -0.324 e. The molecule has 1 fully saturated rings.